The lowest BCUT2D eigenvalue weighted by molar-refractivity contribution is 0.581. The fourth-order valence-corrected chi connectivity index (χ4v) is 3.20. The van der Waals surface area contributed by atoms with E-state index in [4.69, 9.17) is 5.73 Å². The lowest BCUT2D eigenvalue weighted by Crippen LogP contribution is -2.14. The van der Waals surface area contributed by atoms with Crippen molar-refractivity contribution >= 4 is 27.3 Å². The fourth-order valence-electron chi connectivity index (χ4n) is 1.85. The molecule has 0 fully saturated rings. The molecule has 0 spiro atoms. The molecule has 0 radical (unpaired) electrons. The first kappa shape index (κ1) is 13.7. The molecule has 2 rings (SSSR count). The van der Waals surface area contributed by atoms with Gasteiger partial charge in [-0.05, 0) is 30.7 Å². The van der Waals surface area contributed by atoms with Crippen molar-refractivity contribution in [2.75, 3.05) is 0 Å². The molecule has 1 nitrogen and oxygen atoms in total. The van der Waals surface area contributed by atoms with E-state index in [1.54, 1.807) is 17.4 Å². The second-order valence-corrected chi connectivity index (χ2v) is 6.37. The Bertz CT molecular complexity index is 538. The number of halogens is 2. The summed E-state index contributed by atoms with van der Waals surface area (Å²) < 4.78 is 14.5. The first-order valence-electron chi connectivity index (χ1n) is 5.88. The highest BCUT2D eigenvalue weighted by Gasteiger charge is 2.13. The van der Waals surface area contributed by atoms with Gasteiger partial charge in [-0.3, -0.25) is 0 Å². The van der Waals surface area contributed by atoms with Crippen LogP contribution in [0.15, 0.2) is 34.8 Å². The third kappa shape index (κ3) is 3.19. The molecule has 0 saturated carbocycles. The molecule has 1 aromatic carbocycles. The van der Waals surface area contributed by atoms with Crippen LogP contribution in [0.25, 0.3) is 0 Å². The monoisotopic (exact) mass is 327 g/mol. The number of hydrogen-bond acceptors (Lipinski definition) is 2. The number of benzene rings is 1. The van der Waals surface area contributed by atoms with Crippen molar-refractivity contribution in [2.24, 2.45) is 5.73 Å². The van der Waals surface area contributed by atoms with Gasteiger partial charge in [0.15, 0.2) is 0 Å². The van der Waals surface area contributed by atoms with E-state index >= 15 is 0 Å². The molecule has 96 valence electrons. The van der Waals surface area contributed by atoms with E-state index in [0.717, 1.165) is 10.9 Å². The highest BCUT2D eigenvalue weighted by molar-refractivity contribution is 9.10. The third-order valence-corrected chi connectivity index (χ3v) is 4.59. The molecule has 2 aromatic rings. The van der Waals surface area contributed by atoms with Crippen molar-refractivity contribution in [3.8, 4) is 0 Å². The minimum Gasteiger partial charge on any atom is -0.324 e. The summed E-state index contributed by atoms with van der Waals surface area (Å²) in [7, 11) is 0. The molecule has 0 aliphatic carbocycles. The van der Waals surface area contributed by atoms with Gasteiger partial charge in [0.2, 0.25) is 0 Å². The predicted octanol–water partition coefficient (Wildman–Crippen LogP) is 4.45. The summed E-state index contributed by atoms with van der Waals surface area (Å²) in [5.74, 6) is -0.246. The molecule has 0 amide bonds. The molecule has 0 aliphatic rings. The molecule has 2 N–H and O–H groups in total. The molecule has 1 heterocycles. The summed E-state index contributed by atoms with van der Waals surface area (Å²) in [6, 6.07) is 8.94. The van der Waals surface area contributed by atoms with Gasteiger partial charge in [0, 0.05) is 32.3 Å². The van der Waals surface area contributed by atoms with E-state index in [0.29, 0.717) is 12.0 Å². The van der Waals surface area contributed by atoms with Gasteiger partial charge in [0.1, 0.15) is 5.82 Å². The van der Waals surface area contributed by atoms with E-state index in [2.05, 4.69) is 35.0 Å². The Kier molecular flexibility index (Phi) is 4.54. The van der Waals surface area contributed by atoms with E-state index in [1.807, 2.05) is 6.07 Å². The van der Waals surface area contributed by atoms with Gasteiger partial charge >= 0.3 is 0 Å². The summed E-state index contributed by atoms with van der Waals surface area (Å²) >= 11 is 5.00. The van der Waals surface area contributed by atoms with Crippen LogP contribution in [-0.2, 0) is 12.8 Å². The van der Waals surface area contributed by atoms with Gasteiger partial charge in [-0.2, -0.15) is 0 Å². The second-order valence-electron chi connectivity index (χ2n) is 4.20. The van der Waals surface area contributed by atoms with Crippen molar-refractivity contribution in [1.82, 2.24) is 0 Å². The molecular weight excluding hydrogens is 313 g/mol. The fraction of sp³-hybridized carbons (Fsp3) is 0.286. The van der Waals surface area contributed by atoms with E-state index in [9.17, 15) is 4.39 Å². The first-order valence-corrected chi connectivity index (χ1v) is 7.49. The number of nitrogens with two attached hydrogens (primary N) is 1. The van der Waals surface area contributed by atoms with Crippen LogP contribution in [-0.4, -0.2) is 0 Å². The summed E-state index contributed by atoms with van der Waals surface area (Å²) in [6.07, 6.45) is 1.72. The Labute approximate surface area is 119 Å². The van der Waals surface area contributed by atoms with E-state index in [1.165, 1.54) is 15.8 Å². The second kappa shape index (κ2) is 5.95. The Morgan fingerprint density at radius 1 is 1.28 bits per heavy atom. The lowest BCUT2D eigenvalue weighted by Gasteiger charge is -2.12. The van der Waals surface area contributed by atoms with Gasteiger partial charge in [-0.25, -0.2) is 4.39 Å². The minimum absolute atomic E-state index is 0.246. The Morgan fingerprint density at radius 3 is 2.61 bits per heavy atom. The highest BCUT2D eigenvalue weighted by atomic mass is 79.9. The molecule has 0 bridgehead atoms. The van der Waals surface area contributed by atoms with Gasteiger partial charge in [0.05, 0.1) is 0 Å². The number of aryl methyl sites for hydroxylation is 1. The van der Waals surface area contributed by atoms with Crippen LogP contribution in [0.4, 0.5) is 4.39 Å². The molecule has 1 unspecified atom stereocenters. The molecule has 1 aromatic heterocycles. The molecule has 0 aliphatic heterocycles. The van der Waals surface area contributed by atoms with Crippen molar-refractivity contribution in [1.29, 1.82) is 0 Å². The van der Waals surface area contributed by atoms with Gasteiger partial charge < -0.3 is 5.73 Å². The average molecular weight is 328 g/mol. The SMILES string of the molecule is CCc1ccc(CC(N)c2ccc(Br)cc2F)s1. The quantitative estimate of drug-likeness (QED) is 0.881. The van der Waals surface area contributed by atoms with Gasteiger partial charge in [-0.15, -0.1) is 11.3 Å². The summed E-state index contributed by atoms with van der Waals surface area (Å²) in [4.78, 5) is 2.55. The zero-order valence-corrected chi connectivity index (χ0v) is 12.5. The summed E-state index contributed by atoms with van der Waals surface area (Å²) in [5.41, 5.74) is 6.65. The normalized spacial score (nSPS) is 12.7. The van der Waals surface area contributed by atoms with Crippen LogP contribution >= 0.6 is 27.3 Å². The van der Waals surface area contributed by atoms with Crippen LogP contribution in [0.2, 0.25) is 0 Å². The smallest absolute Gasteiger partial charge is 0.129 e. The highest BCUT2D eigenvalue weighted by Crippen LogP contribution is 2.25. The summed E-state index contributed by atoms with van der Waals surface area (Å²) in [6.45, 7) is 2.13. The van der Waals surface area contributed by atoms with Crippen LogP contribution < -0.4 is 5.73 Å². The van der Waals surface area contributed by atoms with Crippen molar-refractivity contribution in [3.63, 3.8) is 0 Å². The van der Waals surface area contributed by atoms with Crippen LogP contribution in [0.1, 0.15) is 28.3 Å². The van der Waals surface area contributed by atoms with Crippen LogP contribution in [0, 0.1) is 5.82 Å². The number of thiophene rings is 1. The maximum Gasteiger partial charge on any atom is 0.129 e. The molecule has 0 saturated heterocycles. The number of rotatable bonds is 4. The first-order chi connectivity index (χ1) is 8.60. The standard InChI is InChI=1S/C14H15BrFNS/c1-2-10-4-5-11(18-10)8-14(17)12-6-3-9(15)7-13(12)16/h3-7,14H,2,8,17H2,1H3. The van der Waals surface area contributed by atoms with E-state index < -0.39 is 0 Å². The van der Waals surface area contributed by atoms with Gasteiger partial charge in [0.25, 0.3) is 0 Å². The molecular formula is C14H15BrFNS. The molecule has 4 heteroatoms. The van der Waals surface area contributed by atoms with Gasteiger partial charge in [-0.1, -0.05) is 28.9 Å². The number of hydrogen-bond donors (Lipinski definition) is 1. The zero-order valence-electron chi connectivity index (χ0n) is 10.1. The minimum atomic E-state index is -0.290. The summed E-state index contributed by atoms with van der Waals surface area (Å²) in [5, 5.41) is 0. The largest absolute Gasteiger partial charge is 0.324 e. The molecule has 18 heavy (non-hydrogen) atoms. The van der Waals surface area contributed by atoms with Crippen LogP contribution in [0.5, 0.6) is 0 Å². The molecule has 1 atom stereocenters. The predicted molar refractivity (Wildman–Crippen MR) is 78.4 cm³/mol. The average Bonchev–Trinajstić information content (AvgIpc) is 2.76. The van der Waals surface area contributed by atoms with Crippen molar-refractivity contribution < 1.29 is 4.39 Å². The lowest BCUT2D eigenvalue weighted by atomic mass is 10.0. The Balaban J connectivity index is 2.13. The zero-order chi connectivity index (χ0) is 13.1. The topological polar surface area (TPSA) is 26.0 Å². The van der Waals surface area contributed by atoms with Crippen molar-refractivity contribution in [2.45, 2.75) is 25.8 Å². The van der Waals surface area contributed by atoms with E-state index in [-0.39, 0.29) is 11.9 Å². The van der Waals surface area contributed by atoms with Crippen molar-refractivity contribution in [3.05, 3.63) is 55.9 Å². The third-order valence-electron chi connectivity index (χ3n) is 2.85. The maximum absolute atomic E-state index is 13.8. The Hall–Kier alpha value is -0.710. The maximum atomic E-state index is 13.8. The Morgan fingerprint density at radius 2 is 2.00 bits per heavy atom. The van der Waals surface area contributed by atoms with Crippen LogP contribution in [0.3, 0.4) is 0 Å².